The van der Waals surface area contributed by atoms with Gasteiger partial charge in [-0.2, -0.15) is 0 Å². The molecule has 0 aliphatic rings. The van der Waals surface area contributed by atoms with Crippen molar-refractivity contribution in [2.24, 2.45) is 0 Å². The summed E-state index contributed by atoms with van der Waals surface area (Å²) in [7, 11) is 1.36. The molecule has 316 valence electrons. The number of esters is 1. The maximum Gasteiger partial charge on any atom is 0.306 e. The lowest BCUT2D eigenvalue weighted by molar-refractivity contribution is -0.870. The van der Waals surface area contributed by atoms with Gasteiger partial charge in [-0.1, -0.05) is 180 Å². The number of carbonyl (C=O) groups excluding carboxylic acids is 1. The summed E-state index contributed by atoms with van der Waals surface area (Å²) in [5.41, 5.74) is 0. The average Bonchev–Trinajstić information content (AvgIpc) is 3.11. The van der Waals surface area contributed by atoms with Crippen molar-refractivity contribution in [3.05, 3.63) is 12.2 Å². The molecule has 0 amide bonds. The van der Waals surface area contributed by atoms with Gasteiger partial charge >= 0.3 is 5.97 Å². The zero-order valence-electron chi connectivity index (χ0n) is 35.7. The van der Waals surface area contributed by atoms with Gasteiger partial charge in [0.1, 0.15) is 19.3 Å². The highest BCUT2D eigenvalue weighted by Gasteiger charge is 2.20. The number of likely N-dealkylation sites (N-methyl/N-ethyl adjacent to an activating group) is 1. The lowest BCUT2D eigenvalue weighted by Crippen LogP contribution is -2.37. The number of ether oxygens (including phenoxy) is 2. The van der Waals surface area contributed by atoms with Gasteiger partial charge in [-0.3, -0.25) is 9.36 Å². The van der Waals surface area contributed by atoms with Crippen LogP contribution in [0.2, 0.25) is 0 Å². The van der Waals surface area contributed by atoms with E-state index in [4.69, 9.17) is 18.5 Å². The molecule has 0 saturated carbocycles. The second kappa shape index (κ2) is 38.1. The topological polar surface area (TPSA) is 94.1 Å². The number of nitrogens with zero attached hydrogens (tertiary/aromatic N) is 1. The maximum atomic E-state index is 12.7. The Morgan fingerprint density at radius 2 is 1.02 bits per heavy atom. The van der Waals surface area contributed by atoms with Crippen LogP contribution in [-0.4, -0.2) is 70.7 Å². The van der Waals surface area contributed by atoms with Gasteiger partial charge in [0.15, 0.2) is 0 Å². The predicted molar refractivity (Wildman–Crippen MR) is 222 cm³/mol. The fourth-order valence-electron chi connectivity index (χ4n) is 6.31. The molecule has 0 heterocycles. The standard InChI is InChI=1S/C44H88NO7P/c1-6-8-10-12-14-16-18-19-20-21-22-23-24-25-26-27-29-31-33-35-37-44(46)52-43(42-51-53(47,48)50-40-38-45(3,4)5)41-49-39-36-34-32-30-28-17-15-13-11-9-7-2/h11,13,43H,6-10,12,14-42H2,1-5H3/b13-11-. The Kier molecular flexibility index (Phi) is 37.6. The van der Waals surface area contributed by atoms with Gasteiger partial charge in [-0.15, -0.1) is 0 Å². The highest BCUT2D eigenvalue weighted by atomic mass is 31.2. The van der Waals surface area contributed by atoms with E-state index in [-0.39, 0.29) is 25.8 Å². The zero-order chi connectivity index (χ0) is 39.1. The third kappa shape index (κ3) is 42.2. The first-order valence-electron chi connectivity index (χ1n) is 22.4. The fourth-order valence-corrected chi connectivity index (χ4v) is 7.04. The zero-order valence-corrected chi connectivity index (χ0v) is 36.6. The van der Waals surface area contributed by atoms with Crippen LogP contribution in [0, 0.1) is 0 Å². The fraction of sp³-hybridized carbons (Fsp3) is 0.932. The van der Waals surface area contributed by atoms with Gasteiger partial charge in [0.2, 0.25) is 0 Å². The van der Waals surface area contributed by atoms with Gasteiger partial charge < -0.3 is 27.9 Å². The summed E-state index contributed by atoms with van der Waals surface area (Å²) in [6.45, 7) is 5.38. The van der Waals surface area contributed by atoms with E-state index >= 15 is 0 Å². The normalized spacial score (nSPS) is 13.8. The molecule has 0 spiro atoms. The Morgan fingerprint density at radius 1 is 0.566 bits per heavy atom. The number of hydrogen-bond acceptors (Lipinski definition) is 7. The molecular weight excluding hydrogens is 685 g/mol. The quantitative estimate of drug-likeness (QED) is 0.0200. The number of unbranched alkanes of at least 4 members (excludes halogenated alkanes) is 26. The lowest BCUT2D eigenvalue weighted by Gasteiger charge is -2.28. The Labute approximate surface area is 329 Å². The van der Waals surface area contributed by atoms with Crippen LogP contribution in [0.15, 0.2) is 12.2 Å². The minimum absolute atomic E-state index is 0.0280. The maximum absolute atomic E-state index is 12.7. The van der Waals surface area contributed by atoms with E-state index in [0.717, 1.165) is 32.1 Å². The molecule has 8 nitrogen and oxygen atoms in total. The first-order chi connectivity index (χ1) is 25.6. The number of allylic oxidation sites excluding steroid dienone is 2. The molecule has 0 aliphatic heterocycles. The summed E-state index contributed by atoms with van der Waals surface area (Å²) in [6, 6.07) is 0. The SMILES string of the molecule is CCC/C=C\CCCCCCCCOCC(COP(=O)([O-])OCC[N+](C)(C)C)OC(=O)CCCCCCCCCCCCCCCCCCCCCC. The lowest BCUT2D eigenvalue weighted by atomic mass is 10.0. The van der Waals surface area contributed by atoms with Crippen molar-refractivity contribution in [3.8, 4) is 0 Å². The van der Waals surface area contributed by atoms with Crippen molar-refractivity contribution in [1.29, 1.82) is 0 Å². The van der Waals surface area contributed by atoms with Gasteiger partial charge in [0.05, 0.1) is 34.4 Å². The smallest absolute Gasteiger partial charge is 0.306 e. The number of phosphoric acid groups is 1. The Bertz CT molecular complexity index is 863. The third-order valence-corrected chi connectivity index (χ3v) is 10.8. The first-order valence-corrected chi connectivity index (χ1v) is 23.9. The third-order valence-electron chi connectivity index (χ3n) is 9.80. The van der Waals surface area contributed by atoms with Crippen molar-refractivity contribution >= 4 is 13.8 Å². The van der Waals surface area contributed by atoms with E-state index in [0.29, 0.717) is 24.1 Å². The Morgan fingerprint density at radius 3 is 1.51 bits per heavy atom. The summed E-state index contributed by atoms with van der Waals surface area (Å²) < 4.78 is 34.5. The summed E-state index contributed by atoms with van der Waals surface area (Å²) in [5, 5.41) is 0. The van der Waals surface area contributed by atoms with E-state index in [1.165, 1.54) is 154 Å². The van der Waals surface area contributed by atoms with Crippen LogP contribution in [0.3, 0.4) is 0 Å². The number of quaternary nitrogens is 1. The number of rotatable bonds is 42. The second-order valence-corrected chi connectivity index (χ2v) is 17.8. The van der Waals surface area contributed by atoms with E-state index < -0.39 is 13.9 Å². The molecule has 0 bridgehead atoms. The predicted octanol–water partition coefficient (Wildman–Crippen LogP) is 12.4. The molecular formula is C44H88NO7P. The van der Waals surface area contributed by atoms with Crippen LogP contribution in [0.1, 0.15) is 206 Å². The Hall–Kier alpha value is -0.760. The average molecular weight is 774 g/mol. The van der Waals surface area contributed by atoms with Crippen LogP contribution >= 0.6 is 7.82 Å². The van der Waals surface area contributed by atoms with Gasteiger partial charge in [-0.05, 0) is 32.1 Å². The molecule has 0 radical (unpaired) electrons. The van der Waals surface area contributed by atoms with Crippen molar-refractivity contribution < 1.29 is 37.3 Å². The number of phosphoric ester groups is 1. The second-order valence-electron chi connectivity index (χ2n) is 16.4. The molecule has 2 unspecified atom stereocenters. The van der Waals surface area contributed by atoms with Crippen LogP contribution in [0.4, 0.5) is 0 Å². The Balaban J connectivity index is 4.12. The molecule has 0 aromatic heterocycles. The summed E-state index contributed by atoms with van der Waals surface area (Å²) in [6.07, 6.45) is 40.8. The van der Waals surface area contributed by atoms with E-state index in [2.05, 4.69) is 26.0 Å². The molecule has 0 N–H and O–H groups in total. The van der Waals surface area contributed by atoms with Crippen LogP contribution in [0.25, 0.3) is 0 Å². The van der Waals surface area contributed by atoms with Gasteiger partial charge in [0, 0.05) is 13.0 Å². The summed E-state index contributed by atoms with van der Waals surface area (Å²) >= 11 is 0. The van der Waals surface area contributed by atoms with Crippen LogP contribution in [-0.2, 0) is 27.9 Å². The number of carbonyl (C=O) groups is 1. The molecule has 53 heavy (non-hydrogen) atoms. The van der Waals surface area contributed by atoms with Crippen molar-refractivity contribution in [2.75, 3.05) is 54.1 Å². The highest BCUT2D eigenvalue weighted by molar-refractivity contribution is 7.45. The molecule has 0 aromatic carbocycles. The van der Waals surface area contributed by atoms with Crippen molar-refractivity contribution in [1.82, 2.24) is 0 Å². The number of hydrogen-bond donors (Lipinski definition) is 0. The van der Waals surface area contributed by atoms with Crippen LogP contribution < -0.4 is 4.89 Å². The van der Waals surface area contributed by atoms with Crippen molar-refractivity contribution in [3.63, 3.8) is 0 Å². The summed E-state index contributed by atoms with van der Waals surface area (Å²) in [4.78, 5) is 25.0. The molecule has 0 fully saturated rings. The molecule has 0 aliphatic carbocycles. The minimum Gasteiger partial charge on any atom is -0.756 e. The first kappa shape index (κ1) is 52.2. The van der Waals surface area contributed by atoms with Gasteiger partial charge in [0.25, 0.3) is 7.82 Å². The molecule has 0 saturated heterocycles. The molecule has 0 rings (SSSR count). The van der Waals surface area contributed by atoms with Crippen LogP contribution in [0.5, 0.6) is 0 Å². The molecule has 2 atom stereocenters. The van der Waals surface area contributed by atoms with E-state index in [1.807, 2.05) is 21.1 Å². The minimum atomic E-state index is -4.52. The molecule has 0 aromatic rings. The largest absolute Gasteiger partial charge is 0.756 e. The van der Waals surface area contributed by atoms with E-state index in [9.17, 15) is 14.3 Å². The van der Waals surface area contributed by atoms with E-state index in [1.54, 1.807) is 0 Å². The summed E-state index contributed by atoms with van der Waals surface area (Å²) in [5.74, 6) is -0.333. The van der Waals surface area contributed by atoms with Crippen molar-refractivity contribution in [2.45, 2.75) is 213 Å². The highest BCUT2D eigenvalue weighted by Crippen LogP contribution is 2.38. The monoisotopic (exact) mass is 774 g/mol. The van der Waals surface area contributed by atoms with Gasteiger partial charge in [-0.25, -0.2) is 0 Å². The molecule has 9 heteroatoms.